The van der Waals surface area contributed by atoms with Crippen LogP contribution in [0.3, 0.4) is 0 Å². The predicted molar refractivity (Wildman–Crippen MR) is 76.1 cm³/mol. The van der Waals surface area contributed by atoms with Crippen LogP contribution in [-0.2, 0) is 11.8 Å². The van der Waals surface area contributed by atoms with Crippen molar-refractivity contribution >= 4 is 27.7 Å². The van der Waals surface area contributed by atoms with E-state index in [4.69, 9.17) is 4.74 Å². The minimum Gasteiger partial charge on any atom is -0.371 e. The third kappa shape index (κ3) is 2.85. The van der Waals surface area contributed by atoms with Gasteiger partial charge in [0.2, 0.25) is 0 Å². The van der Waals surface area contributed by atoms with Crippen LogP contribution in [0.2, 0.25) is 0 Å². The molecule has 0 aromatic carbocycles. The molecule has 8 heteroatoms. The molecule has 0 saturated carbocycles. The molecule has 1 aliphatic rings. The molecule has 110 valence electrons. The van der Waals surface area contributed by atoms with Crippen LogP contribution >= 0.6 is 15.9 Å². The van der Waals surface area contributed by atoms with Gasteiger partial charge in [-0.25, -0.2) is 4.57 Å². The number of amides is 1. The van der Waals surface area contributed by atoms with Crippen LogP contribution in [-0.4, -0.2) is 50.9 Å². The largest absolute Gasteiger partial charge is 0.371 e. The number of aromatic nitrogens is 1. The molecule has 1 saturated heterocycles. The summed E-state index contributed by atoms with van der Waals surface area (Å²) in [6.45, 7) is 2.87. The number of nitrogens with zero attached hydrogens (tertiary/aromatic N) is 3. The Morgan fingerprint density at radius 2 is 2.25 bits per heavy atom. The predicted octanol–water partition coefficient (Wildman–Crippen LogP) is 1.56. The molecule has 1 aliphatic heterocycles. The van der Waals surface area contributed by atoms with E-state index in [1.807, 2.05) is 6.92 Å². The Morgan fingerprint density at radius 3 is 2.80 bits per heavy atom. The van der Waals surface area contributed by atoms with Gasteiger partial charge in [0, 0.05) is 24.5 Å². The van der Waals surface area contributed by atoms with Crippen molar-refractivity contribution in [3.63, 3.8) is 0 Å². The van der Waals surface area contributed by atoms with Gasteiger partial charge in [-0.2, -0.15) is 0 Å². The zero-order valence-corrected chi connectivity index (χ0v) is 12.9. The van der Waals surface area contributed by atoms with E-state index in [1.165, 1.54) is 23.7 Å². The Labute approximate surface area is 124 Å². The fourth-order valence-corrected chi connectivity index (χ4v) is 2.71. The average molecular weight is 346 g/mol. The fourth-order valence-electron chi connectivity index (χ4n) is 2.36. The molecule has 1 fully saturated rings. The van der Waals surface area contributed by atoms with Gasteiger partial charge in [0.1, 0.15) is 0 Å². The van der Waals surface area contributed by atoms with Gasteiger partial charge in [-0.1, -0.05) is 15.9 Å². The Balaban J connectivity index is 2.20. The highest BCUT2D eigenvalue weighted by molar-refractivity contribution is 9.09. The maximum atomic E-state index is 12.5. The van der Waals surface area contributed by atoms with Crippen molar-refractivity contribution in [2.75, 3.05) is 18.4 Å². The molecule has 1 aromatic heterocycles. The minimum absolute atomic E-state index is 0.0505. The highest BCUT2D eigenvalue weighted by Crippen LogP contribution is 2.20. The Morgan fingerprint density at radius 1 is 1.55 bits per heavy atom. The molecule has 2 heterocycles. The standard InChI is InChI=1S/C12H16BrN3O4/c1-8-6-15(7-9(5-13)20-8)12(17)10-3-4-11(14(10)2)16(18)19/h3-4,8-9H,5-7H2,1-2H3. The summed E-state index contributed by atoms with van der Waals surface area (Å²) in [5, 5.41) is 11.5. The summed E-state index contributed by atoms with van der Waals surface area (Å²) in [5.41, 5.74) is 0.319. The molecule has 2 atom stereocenters. The number of halogens is 1. The third-order valence-corrected chi connectivity index (χ3v) is 4.01. The van der Waals surface area contributed by atoms with Crippen molar-refractivity contribution in [2.45, 2.75) is 19.1 Å². The molecule has 2 rings (SSSR count). The molecule has 0 radical (unpaired) electrons. The second kappa shape index (κ2) is 5.92. The van der Waals surface area contributed by atoms with Gasteiger partial charge < -0.3 is 19.8 Å². The van der Waals surface area contributed by atoms with E-state index in [-0.39, 0.29) is 23.9 Å². The number of alkyl halides is 1. The second-order valence-corrected chi connectivity index (χ2v) is 5.47. The average Bonchev–Trinajstić information content (AvgIpc) is 2.79. The summed E-state index contributed by atoms with van der Waals surface area (Å²) >= 11 is 3.35. The van der Waals surface area contributed by atoms with Crippen molar-refractivity contribution < 1.29 is 14.5 Å². The van der Waals surface area contributed by atoms with E-state index in [0.29, 0.717) is 24.1 Å². The normalized spacial score (nSPS) is 22.9. The van der Waals surface area contributed by atoms with Gasteiger partial charge in [0.25, 0.3) is 5.91 Å². The number of hydrogen-bond acceptors (Lipinski definition) is 4. The molecule has 20 heavy (non-hydrogen) atoms. The Hall–Kier alpha value is -1.41. The molecular weight excluding hydrogens is 330 g/mol. The van der Waals surface area contributed by atoms with Crippen molar-refractivity contribution in [1.29, 1.82) is 0 Å². The molecule has 0 N–H and O–H groups in total. The SMILES string of the molecule is CC1CN(C(=O)c2ccc([N+](=O)[O-])n2C)CC(CBr)O1. The van der Waals surface area contributed by atoms with E-state index in [9.17, 15) is 14.9 Å². The lowest BCUT2D eigenvalue weighted by molar-refractivity contribution is -0.391. The minimum atomic E-state index is -0.500. The lowest BCUT2D eigenvalue weighted by Gasteiger charge is -2.35. The first-order chi connectivity index (χ1) is 9.43. The lowest BCUT2D eigenvalue weighted by atomic mass is 10.2. The van der Waals surface area contributed by atoms with Gasteiger partial charge in [0.15, 0.2) is 5.69 Å². The molecule has 0 spiro atoms. The van der Waals surface area contributed by atoms with E-state index in [0.717, 1.165) is 0 Å². The first-order valence-electron chi connectivity index (χ1n) is 6.24. The van der Waals surface area contributed by atoms with E-state index < -0.39 is 4.92 Å². The van der Waals surface area contributed by atoms with Crippen molar-refractivity contribution in [3.05, 3.63) is 27.9 Å². The number of nitro groups is 1. The number of carbonyl (C=O) groups excluding carboxylic acids is 1. The summed E-state index contributed by atoms with van der Waals surface area (Å²) < 4.78 is 6.98. The van der Waals surface area contributed by atoms with Crippen molar-refractivity contribution in [1.82, 2.24) is 9.47 Å². The number of morpholine rings is 1. The number of carbonyl (C=O) groups is 1. The summed E-state index contributed by atoms with van der Waals surface area (Å²) in [4.78, 5) is 24.5. The summed E-state index contributed by atoms with van der Waals surface area (Å²) in [5.74, 6) is -0.298. The van der Waals surface area contributed by atoms with Crippen LogP contribution in [0.25, 0.3) is 0 Å². The van der Waals surface area contributed by atoms with Crippen molar-refractivity contribution in [3.8, 4) is 0 Å². The molecule has 1 aromatic rings. The number of rotatable bonds is 3. The van der Waals surface area contributed by atoms with Crippen molar-refractivity contribution in [2.24, 2.45) is 7.05 Å². The van der Waals surface area contributed by atoms with Crippen LogP contribution in [0.5, 0.6) is 0 Å². The number of ether oxygens (including phenoxy) is 1. The maximum absolute atomic E-state index is 12.5. The molecule has 2 unspecified atom stereocenters. The van der Waals surface area contributed by atoms with E-state index in [2.05, 4.69) is 15.9 Å². The molecule has 7 nitrogen and oxygen atoms in total. The van der Waals surface area contributed by atoms with Gasteiger partial charge >= 0.3 is 5.82 Å². The molecule has 0 aliphatic carbocycles. The van der Waals surface area contributed by atoms with E-state index >= 15 is 0 Å². The number of hydrogen-bond donors (Lipinski definition) is 0. The summed E-state index contributed by atoms with van der Waals surface area (Å²) in [6.07, 6.45) is -0.108. The maximum Gasteiger partial charge on any atom is 0.323 e. The van der Waals surface area contributed by atoms with Gasteiger partial charge in [-0.3, -0.25) is 4.79 Å². The van der Waals surface area contributed by atoms with Gasteiger partial charge in [-0.05, 0) is 17.9 Å². The quantitative estimate of drug-likeness (QED) is 0.473. The van der Waals surface area contributed by atoms with Crippen LogP contribution in [0.15, 0.2) is 12.1 Å². The van der Waals surface area contributed by atoms with Gasteiger partial charge in [0.05, 0.1) is 19.3 Å². The molecule has 0 bridgehead atoms. The highest BCUT2D eigenvalue weighted by Gasteiger charge is 2.31. The lowest BCUT2D eigenvalue weighted by Crippen LogP contribution is -2.50. The molecular formula is C12H16BrN3O4. The van der Waals surface area contributed by atoms with Crippen LogP contribution in [0.4, 0.5) is 5.82 Å². The summed E-state index contributed by atoms with van der Waals surface area (Å²) in [6, 6.07) is 2.84. The first kappa shape index (κ1) is 15.0. The monoisotopic (exact) mass is 345 g/mol. The van der Waals surface area contributed by atoms with Crippen LogP contribution < -0.4 is 0 Å². The topological polar surface area (TPSA) is 77.6 Å². The fraction of sp³-hybridized carbons (Fsp3) is 0.583. The van der Waals surface area contributed by atoms with Crippen LogP contribution in [0, 0.1) is 10.1 Å². The molecule has 1 amide bonds. The zero-order chi connectivity index (χ0) is 14.9. The Bertz CT molecular complexity index is 531. The third-order valence-electron chi connectivity index (χ3n) is 3.29. The highest BCUT2D eigenvalue weighted by atomic mass is 79.9. The zero-order valence-electron chi connectivity index (χ0n) is 11.3. The van der Waals surface area contributed by atoms with Gasteiger partial charge in [-0.15, -0.1) is 0 Å². The van der Waals surface area contributed by atoms with Crippen LogP contribution in [0.1, 0.15) is 17.4 Å². The van der Waals surface area contributed by atoms with E-state index in [1.54, 1.807) is 4.90 Å². The Kier molecular flexibility index (Phi) is 4.44. The smallest absolute Gasteiger partial charge is 0.323 e. The summed E-state index contributed by atoms with van der Waals surface area (Å²) in [7, 11) is 1.53. The second-order valence-electron chi connectivity index (χ2n) is 4.83. The first-order valence-corrected chi connectivity index (χ1v) is 7.37.